The Hall–Kier alpha value is -3.98. The summed E-state index contributed by atoms with van der Waals surface area (Å²) in [5.41, 5.74) is 2.34. The van der Waals surface area contributed by atoms with E-state index in [1.165, 1.54) is 0 Å². The lowest BCUT2D eigenvalue weighted by Crippen LogP contribution is -2.48. The maximum Gasteiger partial charge on any atom is 0.310 e. The van der Waals surface area contributed by atoms with E-state index < -0.39 is 41.8 Å². The summed E-state index contributed by atoms with van der Waals surface area (Å²) in [5.74, 6) is -2.41. The molecule has 200 valence electrons. The fourth-order valence-corrected chi connectivity index (χ4v) is 4.37. The molecule has 0 saturated heterocycles. The van der Waals surface area contributed by atoms with Gasteiger partial charge in [0.05, 0.1) is 25.1 Å². The third-order valence-electron chi connectivity index (χ3n) is 6.46. The minimum absolute atomic E-state index is 0.0706. The predicted molar refractivity (Wildman–Crippen MR) is 141 cm³/mol. The van der Waals surface area contributed by atoms with Gasteiger partial charge in [0.2, 0.25) is 11.8 Å². The summed E-state index contributed by atoms with van der Waals surface area (Å²) >= 11 is 0. The van der Waals surface area contributed by atoms with Crippen molar-refractivity contribution in [2.24, 2.45) is 11.8 Å². The molecule has 0 spiro atoms. The van der Waals surface area contributed by atoms with E-state index >= 15 is 0 Å². The van der Waals surface area contributed by atoms with Crippen molar-refractivity contribution < 1.29 is 28.6 Å². The number of nitrogens with zero attached hydrogens (tertiary/aromatic N) is 1. The van der Waals surface area contributed by atoms with Gasteiger partial charge >= 0.3 is 5.97 Å². The summed E-state index contributed by atoms with van der Waals surface area (Å²) in [7, 11) is 0. The molecule has 9 nitrogen and oxygen atoms in total. The van der Waals surface area contributed by atoms with E-state index in [0.717, 1.165) is 11.1 Å². The molecule has 2 amide bonds. The van der Waals surface area contributed by atoms with Gasteiger partial charge in [-0.3, -0.25) is 14.4 Å². The lowest BCUT2D eigenvalue weighted by Gasteiger charge is -2.23. The zero-order valence-electron chi connectivity index (χ0n) is 21.3. The number of cyclic esters (lactones) is 1. The van der Waals surface area contributed by atoms with Crippen LogP contribution in [-0.2, 0) is 32.0 Å². The van der Waals surface area contributed by atoms with Gasteiger partial charge in [-0.25, -0.2) is 4.98 Å². The van der Waals surface area contributed by atoms with Crippen molar-refractivity contribution in [3.8, 4) is 0 Å². The van der Waals surface area contributed by atoms with Crippen molar-refractivity contribution in [3.63, 3.8) is 0 Å². The molecule has 1 aliphatic rings. The monoisotopic (exact) mass is 519 g/mol. The average molecular weight is 520 g/mol. The molecule has 0 bridgehead atoms. The average Bonchev–Trinajstić information content (AvgIpc) is 3.33. The van der Waals surface area contributed by atoms with Gasteiger partial charge in [0.25, 0.3) is 0 Å². The molecule has 3 unspecified atom stereocenters. The van der Waals surface area contributed by atoms with E-state index in [-0.39, 0.29) is 26.0 Å². The number of fused-ring (bicyclic) bond motifs is 1. The molecule has 9 heteroatoms. The van der Waals surface area contributed by atoms with E-state index in [2.05, 4.69) is 15.6 Å². The van der Waals surface area contributed by atoms with E-state index in [1.807, 2.05) is 54.6 Å². The lowest BCUT2D eigenvalue weighted by molar-refractivity contribution is -0.154. The van der Waals surface area contributed by atoms with Crippen molar-refractivity contribution in [1.82, 2.24) is 15.6 Å². The number of rotatable bonds is 7. The summed E-state index contributed by atoms with van der Waals surface area (Å²) in [6.45, 7) is 1.50. The number of esters is 1. The zero-order valence-corrected chi connectivity index (χ0v) is 21.3. The maximum absolute atomic E-state index is 13.1. The van der Waals surface area contributed by atoms with Crippen LogP contribution < -0.4 is 10.6 Å². The fourth-order valence-electron chi connectivity index (χ4n) is 4.37. The highest BCUT2D eigenvalue weighted by molar-refractivity contribution is 6.00. The van der Waals surface area contributed by atoms with Crippen molar-refractivity contribution >= 4 is 28.9 Å². The molecule has 2 heterocycles. The van der Waals surface area contributed by atoms with E-state index in [1.54, 1.807) is 19.1 Å². The highest BCUT2D eigenvalue weighted by atomic mass is 16.5. The smallest absolute Gasteiger partial charge is 0.310 e. The quantitative estimate of drug-likeness (QED) is 0.249. The van der Waals surface area contributed by atoms with Crippen LogP contribution in [0.2, 0.25) is 0 Å². The number of amides is 2. The Bertz CT molecular complexity index is 1240. The molecule has 4 atom stereocenters. The molecule has 3 aromatic rings. The SMILES string of the molecule is CC1CNC(=O)C(C(=O)N[C@@H](CO)Cc2ccccc2)CC=CCC(Cc2nc3ccccc3o2)C(=O)O1. The standard InChI is InChI=1S/C29H33N3O6/c1-19-17-30-27(34)23(28(35)31-22(18-33)15-20-9-3-2-4-10-20)12-6-5-11-21(29(36)37-19)16-26-32-24-13-7-8-14-25(24)38-26/h2-10,13-14,19,21-23,33H,11-12,15-18H2,1H3,(H,30,34)(H,31,35)/t19?,21?,22-,23?/m1/s1. The first-order valence-corrected chi connectivity index (χ1v) is 12.9. The number of oxazole rings is 1. The van der Waals surface area contributed by atoms with Gasteiger partial charge < -0.3 is 24.9 Å². The van der Waals surface area contributed by atoms with Crippen LogP contribution in [0.3, 0.4) is 0 Å². The normalized spacial score (nSPS) is 21.6. The predicted octanol–water partition coefficient (Wildman–Crippen LogP) is 2.72. The highest BCUT2D eigenvalue weighted by Crippen LogP contribution is 2.21. The minimum atomic E-state index is -0.992. The van der Waals surface area contributed by atoms with Gasteiger partial charge in [-0.2, -0.15) is 0 Å². The Kier molecular flexibility index (Phi) is 9.26. The van der Waals surface area contributed by atoms with Gasteiger partial charge in [0.1, 0.15) is 17.5 Å². The first-order chi connectivity index (χ1) is 18.4. The second kappa shape index (κ2) is 13.0. The van der Waals surface area contributed by atoms with E-state index in [9.17, 15) is 19.5 Å². The van der Waals surface area contributed by atoms with Crippen LogP contribution in [0.4, 0.5) is 0 Å². The van der Waals surface area contributed by atoms with E-state index in [0.29, 0.717) is 24.3 Å². The number of hydrogen-bond acceptors (Lipinski definition) is 7. The molecule has 3 N–H and O–H groups in total. The van der Waals surface area contributed by atoms with Gasteiger partial charge in [0.15, 0.2) is 11.5 Å². The van der Waals surface area contributed by atoms with E-state index in [4.69, 9.17) is 9.15 Å². The number of nitrogens with one attached hydrogen (secondary N) is 2. The Morgan fingerprint density at radius 1 is 1.11 bits per heavy atom. The Labute approximate surface area is 221 Å². The molecule has 0 aliphatic carbocycles. The number of hydrogen-bond donors (Lipinski definition) is 3. The number of allylic oxidation sites excluding steroid dienone is 2. The van der Waals surface area contributed by atoms with Gasteiger partial charge in [-0.1, -0.05) is 54.6 Å². The summed E-state index contributed by atoms with van der Waals surface area (Å²) in [6, 6.07) is 16.4. The molecular weight excluding hydrogens is 486 g/mol. The number of carbonyl (C=O) groups is 3. The summed E-state index contributed by atoms with van der Waals surface area (Å²) in [4.78, 5) is 43.3. The van der Waals surface area contributed by atoms with Crippen LogP contribution >= 0.6 is 0 Å². The molecule has 1 aliphatic heterocycles. The number of para-hydroxylation sites is 2. The highest BCUT2D eigenvalue weighted by Gasteiger charge is 2.29. The number of aromatic nitrogens is 1. The molecule has 0 radical (unpaired) electrons. The van der Waals surface area contributed by atoms with Gasteiger partial charge in [-0.05, 0) is 43.9 Å². The largest absolute Gasteiger partial charge is 0.461 e. The van der Waals surface area contributed by atoms with Crippen molar-refractivity contribution in [3.05, 3.63) is 78.2 Å². The molecule has 2 aromatic carbocycles. The summed E-state index contributed by atoms with van der Waals surface area (Å²) < 4.78 is 11.4. The van der Waals surface area contributed by atoms with Crippen molar-refractivity contribution in [2.75, 3.05) is 13.2 Å². The van der Waals surface area contributed by atoms with Crippen LogP contribution in [0.25, 0.3) is 11.1 Å². The number of carbonyl (C=O) groups excluding carboxylic acids is 3. The number of aliphatic hydroxyl groups excluding tert-OH is 1. The first kappa shape index (κ1) is 27.1. The first-order valence-electron chi connectivity index (χ1n) is 12.9. The maximum atomic E-state index is 13.1. The fraction of sp³-hybridized carbons (Fsp3) is 0.379. The third-order valence-corrected chi connectivity index (χ3v) is 6.46. The lowest BCUT2D eigenvalue weighted by atomic mass is 9.97. The van der Waals surface area contributed by atoms with Crippen LogP contribution in [0.15, 0.2) is 71.2 Å². The van der Waals surface area contributed by atoms with Gasteiger partial charge in [0, 0.05) is 6.42 Å². The Balaban J connectivity index is 1.44. The van der Waals surface area contributed by atoms with Crippen molar-refractivity contribution in [2.45, 2.75) is 44.8 Å². The number of ether oxygens (including phenoxy) is 1. The Morgan fingerprint density at radius 3 is 2.61 bits per heavy atom. The molecule has 0 saturated carbocycles. The molecule has 0 fully saturated rings. The zero-order chi connectivity index (χ0) is 26.9. The van der Waals surface area contributed by atoms with Crippen molar-refractivity contribution in [1.29, 1.82) is 0 Å². The van der Waals surface area contributed by atoms with Crippen LogP contribution in [0.1, 0.15) is 31.2 Å². The number of benzene rings is 2. The Morgan fingerprint density at radius 2 is 1.84 bits per heavy atom. The second-order valence-electron chi connectivity index (χ2n) is 9.54. The summed E-state index contributed by atoms with van der Waals surface area (Å²) in [6.07, 6.45) is 4.12. The molecular formula is C29H33N3O6. The second-order valence-corrected chi connectivity index (χ2v) is 9.54. The summed E-state index contributed by atoms with van der Waals surface area (Å²) in [5, 5.41) is 15.3. The molecule has 1 aromatic heterocycles. The number of aliphatic hydroxyl groups is 1. The molecule has 4 rings (SSSR count). The topological polar surface area (TPSA) is 131 Å². The van der Waals surface area contributed by atoms with Crippen LogP contribution in [0, 0.1) is 11.8 Å². The van der Waals surface area contributed by atoms with Gasteiger partial charge in [-0.15, -0.1) is 0 Å². The van der Waals surface area contributed by atoms with Crippen LogP contribution in [0.5, 0.6) is 0 Å². The third kappa shape index (κ3) is 7.29. The minimum Gasteiger partial charge on any atom is -0.461 e. The molecule has 38 heavy (non-hydrogen) atoms. The van der Waals surface area contributed by atoms with Crippen LogP contribution in [-0.4, -0.2) is 53.2 Å².